The zero-order chi connectivity index (χ0) is 62.5. The highest BCUT2D eigenvalue weighted by molar-refractivity contribution is 6.30. The minimum atomic E-state index is -2.40. The van der Waals surface area contributed by atoms with Crippen molar-refractivity contribution in [1.29, 1.82) is 0 Å². The minimum Gasteiger partial charge on any atom is -0.462 e. The fourth-order valence-electron chi connectivity index (χ4n) is 14.1. The second-order valence-corrected chi connectivity index (χ2v) is 26.4. The molecule has 21 nitrogen and oxygen atoms in total. The van der Waals surface area contributed by atoms with Gasteiger partial charge in [0.15, 0.2) is 17.4 Å². The first-order valence-corrected chi connectivity index (χ1v) is 30.7. The van der Waals surface area contributed by atoms with Crippen LogP contribution < -0.4 is 0 Å². The van der Waals surface area contributed by atoms with Gasteiger partial charge in [0.05, 0.1) is 85.1 Å². The molecule has 2 spiro atoms. The second kappa shape index (κ2) is 29.0. The number of aliphatic hydroxyl groups is 7. The van der Waals surface area contributed by atoms with Crippen molar-refractivity contribution >= 4 is 35.3 Å². The van der Waals surface area contributed by atoms with Gasteiger partial charge in [-0.3, -0.25) is 19.2 Å². The van der Waals surface area contributed by atoms with Gasteiger partial charge in [-0.2, -0.15) is 0 Å². The van der Waals surface area contributed by atoms with Crippen LogP contribution in [0, 0.1) is 23.7 Å². The summed E-state index contributed by atoms with van der Waals surface area (Å²) < 4.78 is 63.4. The molecule has 480 valence electrons. The highest BCUT2D eigenvalue weighted by atomic mass is 35.5. The van der Waals surface area contributed by atoms with Crippen LogP contribution in [-0.2, 0) is 66.5 Å². The van der Waals surface area contributed by atoms with Crippen molar-refractivity contribution in [3.8, 4) is 0 Å². The van der Waals surface area contributed by atoms with E-state index >= 15 is 0 Å². The first-order valence-electron chi connectivity index (χ1n) is 30.3. The number of esters is 3. The van der Waals surface area contributed by atoms with E-state index in [1.165, 1.54) is 26.0 Å². The molecule has 7 heterocycles. The Morgan fingerprint density at radius 3 is 2.15 bits per heavy atom. The van der Waals surface area contributed by atoms with Gasteiger partial charge in [0.25, 0.3) is 0 Å². The Balaban J connectivity index is 1.22. The number of carbonyl (C=O) groups excluding carboxylic acids is 4. The summed E-state index contributed by atoms with van der Waals surface area (Å²) in [6.07, 6.45) is -8.69. The van der Waals surface area contributed by atoms with Crippen LogP contribution in [-0.4, -0.2) is 187 Å². The standard InChI is InChI=1S/C63H95ClO21/c1-33(19-42(67)18-17-35(3)64)20-53-55(72)57-39(7)58(79-53)59(73)63(75)31-51(70)37(5)52(85-63)16-14-12-13-15-44-22-43(68)27-61(81-44)29-47(76-11)23-45(82-61)25-50(69)38(6)56(78-41(9)66)36(4)34(2)21-49-28-60(10,74)32-62(84-49)30-48(77-40(8)65)24-46(83-62)26-54(71)80-57/h13,15,17-18,36-39,42-49,51-53,55-59,67-68,70,72-75H,1-3,12,14,16,19-32H2,4-11H3/b15-13?,18-17+/t36-,37-,38+,39+,42-,43+,44+,45+,46-,47+,48+,49+,51+,52-,53+,55+,56+,57+,58+,59-,60+,61-,62-,63-/m0/s1. The first kappa shape index (κ1) is 69.0. The third-order valence-electron chi connectivity index (χ3n) is 18.3. The van der Waals surface area contributed by atoms with Gasteiger partial charge in [-0.15, -0.1) is 0 Å². The lowest BCUT2D eigenvalue weighted by atomic mass is 9.78. The molecule has 0 aliphatic carbocycles. The molecule has 0 amide bonds. The maximum Gasteiger partial charge on any atom is 0.308 e. The number of carbonyl (C=O) groups is 4. The van der Waals surface area contributed by atoms with Crippen molar-refractivity contribution in [3.63, 3.8) is 0 Å². The summed E-state index contributed by atoms with van der Waals surface area (Å²) in [5.41, 5.74) is -0.508. The SMILES string of the molecule is C=C(Cl)/C=C/[C@H](O)CC(=C)C[C@H]1O[C@@H]2[C@H](C)[C@@H](OC(=O)C[C@@H]3C[C@@H](OC(C)=O)C[C@]4(C[C@](C)(O)C[C@@H](CC(=C)[C@H](C)[C@@H](OC(C)=O)[C@H](C)C(=O)C[C@H]5C[C@@H](OC)C[C@]6(C[C@H](O)C[C@@H](C=CCCC[C@@H]7O[C@@](O)(C[C@@H](O)[C@@H]7C)[C@H]2O)O6)O5)O4)O3)[C@@H]1O. The highest BCUT2D eigenvalue weighted by Crippen LogP contribution is 2.48. The van der Waals surface area contributed by atoms with Gasteiger partial charge < -0.3 is 83.1 Å². The van der Waals surface area contributed by atoms with Crippen LogP contribution >= 0.6 is 11.6 Å². The molecule has 0 unspecified atom stereocenters. The number of hydrogen-bond acceptors (Lipinski definition) is 21. The predicted molar refractivity (Wildman–Crippen MR) is 308 cm³/mol. The molecule has 7 rings (SSSR count). The van der Waals surface area contributed by atoms with Crippen molar-refractivity contribution in [2.45, 2.75) is 278 Å². The topological polar surface area (TPSA) is 302 Å². The van der Waals surface area contributed by atoms with E-state index in [1.807, 2.05) is 12.2 Å². The van der Waals surface area contributed by atoms with E-state index in [4.69, 9.17) is 59.0 Å². The van der Waals surface area contributed by atoms with Crippen LogP contribution in [0.3, 0.4) is 0 Å². The maximum absolute atomic E-state index is 14.5. The predicted octanol–water partition coefficient (Wildman–Crippen LogP) is 5.91. The molecule has 22 heteroatoms. The van der Waals surface area contributed by atoms with Crippen molar-refractivity contribution in [2.75, 3.05) is 7.11 Å². The minimum absolute atomic E-state index is 0.00321. The molecule has 10 bridgehead atoms. The first-order chi connectivity index (χ1) is 39.8. The Morgan fingerprint density at radius 1 is 0.812 bits per heavy atom. The van der Waals surface area contributed by atoms with E-state index in [1.54, 1.807) is 41.7 Å². The highest BCUT2D eigenvalue weighted by Gasteiger charge is 2.58. The van der Waals surface area contributed by atoms with Gasteiger partial charge in [-0.1, -0.05) is 88.4 Å². The van der Waals surface area contributed by atoms with Crippen molar-refractivity contribution in [2.24, 2.45) is 23.7 Å². The zero-order valence-corrected chi connectivity index (χ0v) is 51.5. The number of methoxy groups -OCH3 is 1. The number of ether oxygens (including phenoxy) is 10. The Morgan fingerprint density at radius 2 is 1.47 bits per heavy atom. The molecule has 6 saturated heterocycles. The number of fused-ring (bicyclic) bond motifs is 8. The molecule has 7 aliphatic rings. The number of allylic oxidation sites excluding steroid dienone is 3. The maximum atomic E-state index is 14.5. The zero-order valence-electron chi connectivity index (χ0n) is 50.7. The average Bonchev–Trinajstić information content (AvgIpc) is 1.35. The average molecular weight is 1220 g/mol. The lowest BCUT2D eigenvalue weighted by Crippen LogP contribution is -2.65. The Hall–Kier alpha value is -3.49. The third-order valence-corrected chi connectivity index (χ3v) is 18.4. The van der Waals surface area contributed by atoms with Crippen LogP contribution in [0.4, 0.5) is 0 Å². The number of halogens is 1. The fraction of sp³-hybridized carbons (Fsp3) is 0.778. The van der Waals surface area contributed by atoms with Crippen LogP contribution in [0.25, 0.3) is 0 Å². The van der Waals surface area contributed by atoms with Crippen LogP contribution in [0.2, 0.25) is 0 Å². The molecule has 0 radical (unpaired) electrons. The number of aliphatic hydroxyl groups excluding tert-OH is 5. The van der Waals surface area contributed by atoms with Gasteiger partial charge in [0.2, 0.25) is 0 Å². The van der Waals surface area contributed by atoms with Gasteiger partial charge in [-0.25, -0.2) is 0 Å². The van der Waals surface area contributed by atoms with Gasteiger partial charge in [0.1, 0.15) is 36.3 Å². The molecular weight excluding hydrogens is 1130 g/mol. The Bertz CT molecular complexity index is 2430. The van der Waals surface area contributed by atoms with E-state index in [0.717, 1.165) is 0 Å². The third kappa shape index (κ3) is 18.1. The molecular formula is C63H95ClO21. The smallest absolute Gasteiger partial charge is 0.308 e. The lowest BCUT2D eigenvalue weighted by molar-refractivity contribution is -0.351. The molecule has 0 saturated carbocycles. The molecule has 24 atom stereocenters. The van der Waals surface area contributed by atoms with Gasteiger partial charge >= 0.3 is 17.9 Å². The van der Waals surface area contributed by atoms with E-state index in [-0.39, 0.29) is 81.1 Å². The van der Waals surface area contributed by atoms with Crippen LogP contribution in [0.5, 0.6) is 0 Å². The Kier molecular flexibility index (Phi) is 23.5. The van der Waals surface area contributed by atoms with E-state index in [0.29, 0.717) is 43.3 Å². The molecule has 0 aromatic rings. The summed E-state index contributed by atoms with van der Waals surface area (Å²) in [5.74, 6) is -10.7. The molecule has 0 aromatic carbocycles. The quantitative estimate of drug-likeness (QED) is 0.0611. The van der Waals surface area contributed by atoms with Crippen molar-refractivity contribution in [1.82, 2.24) is 0 Å². The number of ketones is 1. The summed E-state index contributed by atoms with van der Waals surface area (Å²) in [7, 11) is 1.57. The summed E-state index contributed by atoms with van der Waals surface area (Å²) >= 11 is 5.89. The van der Waals surface area contributed by atoms with E-state index in [9.17, 15) is 54.9 Å². The van der Waals surface area contributed by atoms with Gasteiger partial charge in [0, 0.05) is 108 Å². The molecule has 6 fully saturated rings. The summed E-state index contributed by atoms with van der Waals surface area (Å²) in [6.45, 7) is 23.1. The van der Waals surface area contributed by atoms with Gasteiger partial charge in [-0.05, 0) is 51.5 Å². The number of hydrogen-bond donors (Lipinski definition) is 7. The Labute approximate surface area is 505 Å². The lowest BCUT2D eigenvalue weighted by Gasteiger charge is -2.52. The van der Waals surface area contributed by atoms with Crippen molar-refractivity contribution < 1.29 is 102 Å². The summed E-state index contributed by atoms with van der Waals surface area (Å²) in [4.78, 5) is 54.3. The van der Waals surface area contributed by atoms with Crippen LogP contribution in [0.15, 0.2) is 60.2 Å². The molecule has 7 N–H and O–H groups in total. The normalized spacial score (nSPS) is 44.1. The fourth-order valence-corrected chi connectivity index (χ4v) is 14.2. The summed E-state index contributed by atoms with van der Waals surface area (Å²) in [6, 6.07) is 0. The van der Waals surface area contributed by atoms with Crippen molar-refractivity contribution in [3.05, 3.63) is 60.2 Å². The van der Waals surface area contributed by atoms with E-state index < -0.39 is 169 Å². The molecule has 7 aliphatic heterocycles. The summed E-state index contributed by atoms with van der Waals surface area (Å²) in [5, 5.41) is 82.6. The number of rotatable bonds is 9. The molecule has 0 aromatic heterocycles. The largest absolute Gasteiger partial charge is 0.462 e. The number of Topliss-reactive ketones (excluding diaryl/α,β-unsaturated/α-hetero) is 1. The molecule has 85 heavy (non-hydrogen) atoms. The monoisotopic (exact) mass is 1220 g/mol. The second-order valence-electron chi connectivity index (χ2n) is 25.9. The van der Waals surface area contributed by atoms with E-state index in [2.05, 4.69) is 19.7 Å². The van der Waals surface area contributed by atoms with Crippen LogP contribution in [0.1, 0.15) is 158 Å².